The second-order valence-electron chi connectivity index (χ2n) is 3.23. The zero-order valence-electron chi connectivity index (χ0n) is 8.15. The molecular formula is C9H6ClN3O3. The van der Waals surface area contributed by atoms with Gasteiger partial charge in [-0.15, -0.1) is 0 Å². The number of nitrogens with zero attached hydrogens (tertiary/aromatic N) is 2. The zero-order chi connectivity index (χ0) is 11.9. The molecule has 0 aliphatic carbocycles. The summed E-state index contributed by atoms with van der Waals surface area (Å²) in [5.74, 6) is 0.433. The lowest BCUT2D eigenvalue weighted by Crippen LogP contribution is -2.10. The van der Waals surface area contributed by atoms with Crippen molar-refractivity contribution in [3.63, 3.8) is 0 Å². The number of hydrogen-bond acceptors (Lipinski definition) is 4. The fraction of sp³-hybridized carbons (Fsp3) is 0.111. The average molecular weight is 240 g/mol. The standard InChI is InChI=1S/C9H6ClN3O3/c1-4-11-7-3-6(10)8(13(15)16)2-5(7)9(14)12-4/h2-3H,1H3,(H,11,12,14). The van der Waals surface area contributed by atoms with E-state index in [1.165, 1.54) is 6.07 Å². The van der Waals surface area contributed by atoms with Crippen LogP contribution in [0, 0.1) is 17.0 Å². The first-order chi connectivity index (χ1) is 7.49. The van der Waals surface area contributed by atoms with Crippen molar-refractivity contribution in [2.24, 2.45) is 0 Å². The zero-order valence-corrected chi connectivity index (χ0v) is 8.91. The first-order valence-electron chi connectivity index (χ1n) is 4.33. The molecule has 0 saturated carbocycles. The predicted molar refractivity (Wildman–Crippen MR) is 58.8 cm³/mol. The Morgan fingerprint density at radius 3 is 2.81 bits per heavy atom. The number of aryl methyl sites for hydroxylation is 1. The maximum Gasteiger partial charge on any atom is 0.288 e. The highest BCUT2D eigenvalue weighted by Crippen LogP contribution is 2.27. The van der Waals surface area contributed by atoms with Gasteiger partial charge in [-0.25, -0.2) is 4.98 Å². The van der Waals surface area contributed by atoms with E-state index in [0.717, 1.165) is 6.07 Å². The van der Waals surface area contributed by atoms with Gasteiger partial charge in [-0.2, -0.15) is 0 Å². The molecule has 0 fully saturated rings. The highest BCUT2D eigenvalue weighted by Gasteiger charge is 2.15. The SMILES string of the molecule is Cc1nc2cc(Cl)c([N+](=O)[O-])cc2c(=O)[nH]1. The number of aromatic amines is 1. The number of H-pyrrole nitrogens is 1. The molecule has 1 aromatic carbocycles. The van der Waals surface area contributed by atoms with Crippen molar-refractivity contribution >= 4 is 28.2 Å². The third kappa shape index (κ3) is 1.63. The molecule has 16 heavy (non-hydrogen) atoms. The van der Waals surface area contributed by atoms with Crippen molar-refractivity contribution < 1.29 is 4.92 Å². The van der Waals surface area contributed by atoms with Gasteiger partial charge in [-0.3, -0.25) is 14.9 Å². The fourth-order valence-electron chi connectivity index (χ4n) is 1.41. The molecule has 82 valence electrons. The van der Waals surface area contributed by atoms with Crippen LogP contribution in [0.25, 0.3) is 10.9 Å². The van der Waals surface area contributed by atoms with Gasteiger partial charge in [0.2, 0.25) is 0 Å². The van der Waals surface area contributed by atoms with Gasteiger partial charge in [0.25, 0.3) is 11.2 Å². The van der Waals surface area contributed by atoms with Gasteiger partial charge < -0.3 is 4.98 Å². The van der Waals surface area contributed by atoms with Crippen LogP contribution in [0.2, 0.25) is 5.02 Å². The Labute approximate surface area is 94.0 Å². The molecule has 0 aliphatic rings. The van der Waals surface area contributed by atoms with Crippen LogP contribution in [0.3, 0.4) is 0 Å². The summed E-state index contributed by atoms with van der Waals surface area (Å²) in [6.07, 6.45) is 0. The van der Waals surface area contributed by atoms with Crippen LogP contribution < -0.4 is 5.56 Å². The number of nitro benzene ring substituents is 1. The lowest BCUT2D eigenvalue weighted by Gasteiger charge is -2.00. The number of aromatic nitrogens is 2. The lowest BCUT2D eigenvalue weighted by molar-refractivity contribution is -0.384. The Morgan fingerprint density at radius 1 is 1.50 bits per heavy atom. The summed E-state index contributed by atoms with van der Waals surface area (Å²) in [7, 11) is 0. The lowest BCUT2D eigenvalue weighted by atomic mass is 10.2. The van der Waals surface area contributed by atoms with Gasteiger partial charge >= 0.3 is 0 Å². The molecule has 2 rings (SSSR count). The molecular weight excluding hydrogens is 234 g/mol. The second kappa shape index (κ2) is 3.57. The summed E-state index contributed by atoms with van der Waals surface area (Å²) in [5.41, 5.74) is -0.371. The highest BCUT2D eigenvalue weighted by atomic mass is 35.5. The van der Waals surface area contributed by atoms with Crippen molar-refractivity contribution in [1.82, 2.24) is 9.97 Å². The molecule has 7 heteroatoms. The third-order valence-corrected chi connectivity index (χ3v) is 2.39. The Hall–Kier alpha value is -1.95. The van der Waals surface area contributed by atoms with Crippen LogP contribution in [0.1, 0.15) is 5.82 Å². The van der Waals surface area contributed by atoms with E-state index in [0.29, 0.717) is 11.3 Å². The molecule has 0 radical (unpaired) electrons. The molecule has 0 atom stereocenters. The highest BCUT2D eigenvalue weighted by molar-refractivity contribution is 6.33. The van der Waals surface area contributed by atoms with E-state index in [4.69, 9.17) is 11.6 Å². The van der Waals surface area contributed by atoms with E-state index >= 15 is 0 Å². The van der Waals surface area contributed by atoms with Crippen LogP contribution in [-0.2, 0) is 0 Å². The number of hydrogen-bond donors (Lipinski definition) is 1. The molecule has 0 aliphatic heterocycles. The van der Waals surface area contributed by atoms with Gasteiger partial charge in [0, 0.05) is 6.07 Å². The first-order valence-corrected chi connectivity index (χ1v) is 4.71. The van der Waals surface area contributed by atoms with Gasteiger partial charge in [-0.05, 0) is 13.0 Å². The van der Waals surface area contributed by atoms with Crippen molar-refractivity contribution in [3.8, 4) is 0 Å². The summed E-state index contributed by atoms with van der Waals surface area (Å²) >= 11 is 5.71. The van der Waals surface area contributed by atoms with E-state index in [9.17, 15) is 14.9 Å². The van der Waals surface area contributed by atoms with E-state index in [-0.39, 0.29) is 16.1 Å². The largest absolute Gasteiger partial charge is 0.310 e. The molecule has 0 spiro atoms. The number of rotatable bonds is 1. The average Bonchev–Trinajstić information content (AvgIpc) is 2.15. The fourth-order valence-corrected chi connectivity index (χ4v) is 1.63. The summed E-state index contributed by atoms with van der Waals surface area (Å²) in [4.78, 5) is 28.0. The molecule has 6 nitrogen and oxygen atoms in total. The van der Waals surface area contributed by atoms with E-state index in [1.807, 2.05) is 0 Å². The number of benzene rings is 1. The molecule has 0 saturated heterocycles. The Kier molecular flexibility index (Phi) is 2.35. The molecule has 1 heterocycles. The van der Waals surface area contributed by atoms with Crippen molar-refractivity contribution in [1.29, 1.82) is 0 Å². The maximum atomic E-state index is 11.5. The van der Waals surface area contributed by atoms with Gasteiger partial charge in [0.15, 0.2) is 0 Å². The maximum absolute atomic E-state index is 11.5. The number of nitrogens with one attached hydrogen (secondary N) is 1. The molecule has 1 aromatic heterocycles. The first kappa shape index (κ1) is 10.6. The predicted octanol–water partition coefficient (Wildman–Crippen LogP) is 1.79. The van der Waals surface area contributed by atoms with Gasteiger partial charge in [0.05, 0.1) is 15.8 Å². The third-order valence-electron chi connectivity index (χ3n) is 2.09. The second-order valence-corrected chi connectivity index (χ2v) is 3.64. The minimum Gasteiger partial charge on any atom is -0.310 e. The Bertz CT molecular complexity index is 650. The summed E-state index contributed by atoms with van der Waals surface area (Å²) in [6.45, 7) is 1.62. The van der Waals surface area contributed by atoms with Gasteiger partial charge in [0.1, 0.15) is 10.8 Å². The van der Waals surface area contributed by atoms with Crippen molar-refractivity contribution in [2.45, 2.75) is 6.92 Å². The molecule has 0 unspecified atom stereocenters. The summed E-state index contributed by atoms with van der Waals surface area (Å²) < 4.78 is 0. The molecule has 2 aromatic rings. The quantitative estimate of drug-likeness (QED) is 0.607. The van der Waals surface area contributed by atoms with Crippen molar-refractivity contribution in [3.05, 3.63) is 43.4 Å². The summed E-state index contributed by atoms with van der Waals surface area (Å²) in [5, 5.41) is 10.8. The van der Waals surface area contributed by atoms with Crippen LogP contribution in [0.4, 0.5) is 5.69 Å². The smallest absolute Gasteiger partial charge is 0.288 e. The minimum atomic E-state index is -0.638. The molecule has 0 amide bonds. The number of halogens is 1. The van der Waals surface area contributed by atoms with Gasteiger partial charge in [-0.1, -0.05) is 11.6 Å². The summed E-state index contributed by atoms with van der Waals surface area (Å²) in [6, 6.07) is 2.44. The van der Waals surface area contributed by atoms with E-state index in [2.05, 4.69) is 9.97 Å². The van der Waals surface area contributed by atoms with Crippen LogP contribution in [0.5, 0.6) is 0 Å². The number of fused-ring (bicyclic) bond motifs is 1. The molecule has 0 bridgehead atoms. The normalized spacial score (nSPS) is 10.6. The van der Waals surface area contributed by atoms with E-state index < -0.39 is 10.5 Å². The Morgan fingerprint density at radius 2 is 2.19 bits per heavy atom. The topological polar surface area (TPSA) is 88.9 Å². The molecule has 1 N–H and O–H groups in total. The number of nitro groups is 1. The monoisotopic (exact) mass is 239 g/mol. The van der Waals surface area contributed by atoms with E-state index in [1.54, 1.807) is 6.92 Å². The van der Waals surface area contributed by atoms with Crippen LogP contribution in [-0.4, -0.2) is 14.9 Å². The van der Waals surface area contributed by atoms with Crippen molar-refractivity contribution in [2.75, 3.05) is 0 Å². The van der Waals surface area contributed by atoms with Crippen LogP contribution >= 0.6 is 11.6 Å². The minimum absolute atomic E-state index is 0.0324. The Balaban J connectivity index is 2.90. The van der Waals surface area contributed by atoms with Crippen LogP contribution in [0.15, 0.2) is 16.9 Å².